The molecule has 2 rings (SSSR count). The van der Waals surface area contributed by atoms with Gasteiger partial charge in [-0.15, -0.1) is 5.10 Å². The molecule has 0 saturated heterocycles. The van der Waals surface area contributed by atoms with Gasteiger partial charge in [-0.1, -0.05) is 11.8 Å². The molecule has 1 heterocycles. The minimum absolute atomic E-state index is 0.0184. The molecule has 2 aromatic rings. The number of hydrogen-bond acceptors (Lipinski definition) is 6. The van der Waals surface area contributed by atoms with Crippen molar-refractivity contribution in [3.8, 4) is 17.1 Å². The summed E-state index contributed by atoms with van der Waals surface area (Å²) in [6.45, 7) is 2.37. The maximum atomic E-state index is 11.8. The lowest BCUT2D eigenvalue weighted by Crippen LogP contribution is -2.36. The molecule has 23 heavy (non-hydrogen) atoms. The van der Waals surface area contributed by atoms with Crippen LogP contribution in [0.5, 0.6) is 5.75 Å². The normalized spacial score (nSPS) is 12.0. The number of rotatable bonds is 8. The molecule has 7 nitrogen and oxygen atoms in total. The van der Waals surface area contributed by atoms with E-state index >= 15 is 0 Å². The van der Waals surface area contributed by atoms with Crippen molar-refractivity contribution in [3.63, 3.8) is 0 Å². The van der Waals surface area contributed by atoms with Crippen molar-refractivity contribution in [1.82, 2.24) is 20.5 Å². The van der Waals surface area contributed by atoms with Gasteiger partial charge >= 0.3 is 0 Å². The zero-order valence-corrected chi connectivity index (χ0v) is 14.1. The van der Waals surface area contributed by atoms with Crippen molar-refractivity contribution in [3.05, 3.63) is 24.3 Å². The van der Waals surface area contributed by atoms with Crippen LogP contribution in [0, 0.1) is 0 Å². The number of nitrogens with zero attached hydrogens (tertiary/aromatic N) is 2. The number of carbonyl (C=O) groups is 1. The number of carbonyl (C=O) groups excluding carboxylic acids is 1. The summed E-state index contributed by atoms with van der Waals surface area (Å²) in [5.41, 5.74) is 0.906. The number of aromatic amines is 1. The number of nitrogens with one attached hydrogen (secondary N) is 2. The summed E-state index contributed by atoms with van der Waals surface area (Å²) in [6.07, 6.45) is 0. The fourth-order valence-electron chi connectivity index (χ4n) is 1.93. The third kappa shape index (κ3) is 5.26. The Kier molecular flexibility index (Phi) is 6.42. The Morgan fingerprint density at radius 3 is 2.74 bits per heavy atom. The Labute approximate surface area is 139 Å². The van der Waals surface area contributed by atoms with E-state index in [9.17, 15) is 4.79 Å². The molecule has 0 saturated carbocycles. The highest BCUT2D eigenvalue weighted by Gasteiger charge is 2.11. The fourth-order valence-corrected chi connectivity index (χ4v) is 2.54. The molecule has 0 bridgehead atoms. The van der Waals surface area contributed by atoms with E-state index in [1.54, 1.807) is 14.2 Å². The van der Waals surface area contributed by atoms with Crippen molar-refractivity contribution >= 4 is 17.7 Å². The fraction of sp³-hybridized carbons (Fsp3) is 0.400. The average molecular weight is 336 g/mol. The molecule has 0 aliphatic rings. The van der Waals surface area contributed by atoms with Gasteiger partial charge in [-0.2, -0.15) is 0 Å². The molecule has 8 heteroatoms. The zero-order chi connectivity index (χ0) is 16.7. The number of benzene rings is 1. The molecular formula is C15H20N4O3S. The molecule has 2 N–H and O–H groups in total. The minimum Gasteiger partial charge on any atom is -0.497 e. The lowest BCUT2D eigenvalue weighted by atomic mass is 10.2. The highest BCUT2D eigenvalue weighted by molar-refractivity contribution is 7.99. The van der Waals surface area contributed by atoms with Crippen LogP contribution in [0.4, 0.5) is 0 Å². The lowest BCUT2D eigenvalue weighted by Gasteiger charge is -2.11. The molecule has 1 amide bonds. The Morgan fingerprint density at radius 1 is 1.35 bits per heavy atom. The van der Waals surface area contributed by atoms with Crippen LogP contribution in [-0.4, -0.2) is 53.7 Å². The number of methoxy groups -OCH3 is 2. The van der Waals surface area contributed by atoms with Gasteiger partial charge < -0.3 is 14.8 Å². The van der Waals surface area contributed by atoms with Gasteiger partial charge in [0.15, 0.2) is 5.82 Å². The van der Waals surface area contributed by atoms with E-state index in [-0.39, 0.29) is 17.7 Å². The van der Waals surface area contributed by atoms with E-state index in [1.165, 1.54) is 11.8 Å². The SMILES string of the molecule is COC[C@H](C)NC(=O)CSc1n[nH]c(-c2ccc(OC)cc2)n1. The molecule has 1 atom stereocenters. The molecule has 0 radical (unpaired) electrons. The topological polar surface area (TPSA) is 89.1 Å². The van der Waals surface area contributed by atoms with E-state index in [4.69, 9.17) is 9.47 Å². The van der Waals surface area contributed by atoms with Gasteiger partial charge in [-0.05, 0) is 31.2 Å². The summed E-state index contributed by atoms with van der Waals surface area (Å²) in [6, 6.07) is 7.49. The van der Waals surface area contributed by atoms with Crippen molar-refractivity contribution in [2.24, 2.45) is 0 Å². The van der Waals surface area contributed by atoms with Gasteiger partial charge in [0.2, 0.25) is 11.1 Å². The van der Waals surface area contributed by atoms with Gasteiger partial charge in [0.05, 0.1) is 19.5 Å². The predicted octanol–water partition coefficient (Wildman–Crippen LogP) is 1.72. The average Bonchev–Trinajstić information content (AvgIpc) is 3.02. The molecule has 0 aliphatic carbocycles. The van der Waals surface area contributed by atoms with Crippen LogP contribution in [0.2, 0.25) is 0 Å². The van der Waals surface area contributed by atoms with Gasteiger partial charge in [-0.25, -0.2) is 4.98 Å². The minimum atomic E-state index is -0.0738. The zero-order valence-electron chi connectivity index (χ0n) is 13.3. The summed E-state index contributed by atoms with van der Waals surface area (Å²) < 4.78 is 10.1. The second kappa shape index (κ2) is 8.54. The first kappa shape index (κ1) is 17.3. The Balaban J connectivity index is 1.88. The van der Waals surface area contributed by atoms with Crippen molar-refractivity contribution in [2.45, 2.75) is 18.1 Å². The number of aromatic nitrogens is 3. The standard InChI is InChI=1S/C15H20N4O3S/c1-10(8-21-2)16-13(20)9-23-15-17-14(18-19-15)11-4-6-12(22-3)7-5-11/h4-7,10H,8-9H2,1-3H3,(H,16,20)(H,17,18,19)/t10-/m0/s1. The van der Waals surface area contributed by atoms with Crippen LogP contribution in [0.15, 0.2) is 29.4 Å². The molecule has 0 aliphatic heterocycles. The largest absolute Gasteiger partial charge is 0.497 e. The Morgan fingerprint density at radius 2 is 2.09 bits per heavy atom. The molecule has 1 aromatic heterocycles. The number of thioether (sulfide) groups is 1. The Hall–Kier alpha value is -2.06. The first-order valence-electron chi connectivity index (χ1n) is 7.10. The first-order valence-corrected chi connectivity index (χ1v) is 8.09. The number of amides is 1. The molecular weight excluding hydrogens is 316 g/mol. The second-order valence-corrected chi connectivity index (χ2v) is 5.85. The van der Waals surface area contributed by atoms with Gasteiger partial charge in [0.1, 0.15) is 5.75 Å². The molecule has 1 aromatic carbocycles. The van der Waals surface area contributed by atoms with Crippen LogP contribution in [-0.2, 0) is 9.53 Å². The lowest BCUT2D eigenvalue weighted by molar-refractivity contribution is -0.119. The van der Waals surface area contributed by atoms with E-state index in [1.807, 2.05) is 31.2 Å². The van der Waals surface area contributed by atoms with Crippen molar-refractivity contribution < 1.29 is 14.3 Å². The van der Waals surface area contributed by atoms with Gasteiger partial charge in [0.25, 0.3) is 0 Å². The Bertz CT molecular complexity index is 630. The van der Waals surface area contributed by atoms with Crippen LogP contribution in [0.3, 0.4) is 0 Å². The van der Waals surface area contributed by atoms with Gasteiger partial charge in [-0.3, -0.25) is 9.89 Å². The van der Waals surface area contributed by atoms with Crippen molar-refractivity contribution in [1.29, 1.82) is 0 Å². The summed E-state index contributed by atoms with van der Waals surface area (Å²) in [7, 11) is 3.22. The third-order valence-electron chi connectivity index (χ3n) is 2.98. The van der Waals surface area contributed by atoms with E-state index in [0.29, 0.717) is 17.6 Å². The first-order chi connectivity index (χ1) is 11.1. The van der Waals surface area contributed by atoms with Crippen LogP contribution >= 0.6 is 11.8 Å². The molecule has 0 unspecified atom stereocenters. The van der Waals surface area contributed by atoms with Crippen LogP contribution < -0.4 is 10.1 Å². The van der Waals surface area contributed by atoms with Crippen LogP contribution in [0.1, 0.15) is 6.92 Å². The second-order valence-electron chi connectivity index (χ2n) is 4.91. The van der Waals surface area contributed by atoms with Crippen LogP contribution in [0.25, 0.3) is 11.4 Å². The van der Waals surface area contributed by atoms with Gasteiger partial charge in [0, 0.05) is 18.7 Å². The highest BCUT2D eigenvalue weighted by Crippen LogP contribution is 2.21. The van der Waals surface area contributed by atoms with E-state index in [2.05, 4.69) is 20.5 Å². The number of H-pyrrole nitrogens is 1. The monoisotopic (exact) mass is 336 g/mol. The maximum absolute atomic E-state index is 11.8. The van der Waals surface area contributed by atoms with E-state index in [0.717, 1.165) is 11.3 Å². The van der Waals surface area contributed by atoms with E-state index < -0.39 is 0 Å². The quantitative estimate of drug-likeness (QED) is 0.714. The third-order valence-corrected chi connectivity index (χ3v) is 3.83. The highest BCUT2D eigenvalue weighted by atomic mass is 32.2. The van der Waals surface area contributed by atoms with Crippen molar-refractivity contribution in [2.75, 3.05) is 26.6 Å². The summed E-state index contributed by atoms with van der Waals surface area (Å²) in [4.78, 5) is 16.2. The number of hydrogen-bond donors (Lipinski definition) is 2. The molecule has 0 spiro atoms. The summed E-state index contributed by atoms with van der Waals surface area (Å²) in [5, 5.41) is 10.4. The molecule has 124 valence electrons. The maximum Gasteiger partial charge on any atom is 0.230 e. The predicted molar refractivity (Wildman–Crippen MR) is 88.6 cm³/mol. The number of ether oxygens (including phenoxy) is 2. The molecule has 0 fully saturated rings. The smallest absolute Gasteiger partial charge is 0.230 e. The summed E-state index contributed by atoms with van der Waals surface area (Å²) >= 11 is 1.28. The summed E-state index contributed by atoms with van der Waals surface area (Å²) in [5.74, 6) is 1.62.